The first-order valence-electron chi connectivity index (χ1n) is 7.00. The van der Waals surface area contributed by atoms with Crippen molar-refractivity contribution in [3.63, 3.8) is 0 Å². The van der Waals surface area contributed by atoms with Crippen LogP contribution in [0, 0.1) is 0 Å². The van der Waals surface area contributed by atoms with Gasteiger partial charge in [0.15, 0.2) is 11.5 Å². The van der Waals surface area contributed by atoms with Gasteiger partial charge in [-0.1, -0.05) is 0 Å². The summed E-state index contributed by atoms with van der Waals surface area (Å²) in [6.07, 6.45) is 0.914. The molecule has 1 aromatic carbocycles. The fraction of sp³-hybridized carbons (Fsp3) is 0.533. The SMILES string of the molecule is CCOCCCn1c(CCl)nc2cc(OC)c(OC)cc21. The Balaban J connectivity index is 2.37. The highest BCUT2D eigenvalue weighted by Gasteiger charge is 2.14. The molecule has 0 atom stereocenters. The molecule has 0 spiro atoms. The number of halogens is 1. The summed E-state index contributed by atoms with van der Waals surface area (Å²) in [5, 5.41) is 0. The number of hydrogen-bond acceptors (Lipinski definition) is 4. The molecule has 116 valence electrons. The predicted octanol–water partition coefficient (Wildman–Crippen LogP) is 3.22. The van der Waals surface area contributed by atoms with Crippen molar-refractivity contribution in [2.75, 3.05) is 27.4 Å². The van der Waals surface area contributed by atoms with Crippen LogP contribution in [0.5, 0.6) is 11.5 Å². The normalized spacial score (nSPS) is 11.0. The summed E-state index contributed by atoms with van der Waals surface area (Å²) in [6.45, 7) is 4.27. The van der Waals surface area contributed by atoms with Gasteiger partial charge in [0.25, 0.3) is 0 Å². The fourth-order valence-corrected chi connectivity index (χ4v) is 2.53. The maximum absolute atomic E-state index is 6.01. The predicted molar refractivity (Wildman–Crippen MR) is 83.5 cm³/mol. The monoisotopic (exact) mass is 312 g/mol. The number of hydrogen-bond donors (Lipinski definition) is 0. The average Bonchev–Trinajstić information content (AvgIpc) is 2.86. The van der Waals surface area contributed by atoms with E-state index in [0.29, 0.717) is 17.4 Å². The number of aryl methyl sites for hydroxylation is 1. The second-order valence-corrected chi connectivity index (χ2v) is 4.83. The van der Waals surface area contributed by atoms with Gasteiger partial charge in [-0.2, -0.15) is 0 Å². The Morgan fingerprint density at radius 1 is 1.19 bits per heavy atom. The lowest BCUT2D eigenvalue weighted by atomic mass is 10.2. The number of fused-ring (bicyclic) bond motifs is 1. The molecule has 0 amide bonds. The Labute approximate surface area is 129 Å². The van der Waals surface area contributed by atoms with E-state index in [4.69, 9.17) is 25.8 Å². The largest absolute Gasteiger partial charge is 0.493 e. The molecule has 0 fully saturated rings. The van der Waals surface area contributed by atoms with Crippen LogP contribution in [0.15, 0.2) is 12.1 Å². The van der Waals surface area contributed by atoms with E-state index in [1.807, 2.05) is 19.1 Å². The number of nitrogens with zero attached hydrogens (tertiary/aromatic N) is 2. The van der Waals surface area contributed by atoms with Gasteiger partial charge in [-0.15, -0.1) is 11.6 Å². The van der Waals surface area contributed by atoms with E-state index in [-0.39, 0.29) is 0 Å². The van der Waals surface area contributed by atoms with E-state index in [1.54, 1.807) is 14.2 Å². The Morgan fingerprint density at radius 2 is 1.90 bits per heavy atom. The van der Waals surface area contributed by atoms with Crippen molar-refractivity contribution < 1.29 is 14.2 Å². The summed E-state index contributed by atoms with van der Waals surface area (Å²) in [5.74, 6) is 2.58. The summed E-state index contributed by atoms with van der Waals surface area (Å²) in [4.78, 5) is 4.57. The lowest BCUT2D eigenvalue weighted by Gasteiger charge is -2.10. The van der Waals surface area contributed by atoms with Crippen molar-refractivity contribution >= 4 is 22.6 Å². The minimum absolute atomic E-state index is 0.369. The summed E-state index contributed by atoms with van der Waals surface area (Å²) >= 11 is 6.01. The summed E-state index contributed by atoms with van der Waals surface area (Å²) in [6, 6.07) is 3.82. The number of rotatable bonds is 8. The first kappa shape index (κ1) is 15.9. The number of ether oxygens (including phenoxy) is 3. The van der Waals surface area contributed by atoms with Crippen LogP contribution in [-0.4, -0.2) is 37.0 Å². The molecule has 0 bridgehead atoms. The van der Waals surface area contributed by atoms with Crippen molar-refractivity contribution in [2.45, 2.75) is 25.8 Å². The van der Waals surface area contributed by atoms with Gasteiger partial charge >= 0.3 is 0 Å². The van der Waals surface area contributed by atoms with E-state index < -0.39 is 0 Å². The number of alkyl halides is 1. The number of imidazole rings is 1. The molecule has 21 heavy (non-hydrogen) atoms. The quantitative estimate of drug-likeness (QED) is 0.554. The maximum atomic E-state index is 6.01. The molecule has 0 aliphatic heterocycles. The zero-order chi connectivity index (χ0) is 15.2. The van der Waals surface area contributed by atoms with Gasteiger partial charge in [-0.3, -0.25) is 0 Å². The van der Waals surface area contributed by atoms with Crippen molar-refractivity contribution in [3.8, 4) is 11.5 Å². The van der Waals surface area contributed by atoms with Crippen LogP contribution in [0.4, 0.5) is 0 Å². The number of methoxy groups -OCH3 is 2. The Kier molecular flexibility index (Phi) is 5.70. The zero-order valence-corrected chi connectivity index (χ0v) is 13.4. The van der Waals surface area contributed by atoms with Crippen LogP contribution in [-0.2, 0) is 17.2 Å². The number of aromatic nitrogens is 2. The van der Waals surface area contributed by atoms with Crippen LogP contribution in [0.1, 0.15) is 19.2 Å². The number of benzene rings is 1. The molecule has 1 heterocycles. The van der Waals surface area contributed by atoms with Crippen LogP contribution < -0.4 is 9.47 Å². The molecule has 0 unspecified atom stereocenters. The molecule has 0 aliphatic rings. The fourth-order valence-electron chi connectivity index (χ4n) is 2.32. The van der Waals surface area contributed by atoms with Gasteiger partial charge in [0.2, 0.25) is 0 Å². The lowest BCUT2D eigenvalue weighted by Crippen LogP contribution is -2.06. The molecule has 0 saturated heterocycles. The van der Waals surface area contributed by atoms with Crippen LogP contribution in [0.25, 0.3) is 11.0 Å². The van der Waals surface area contributed by atoms with E-state index in [2.05, 4.69) is 9.55 Å². The third-order valence-corrected chi connectivity index (χ3v) is 3.57. The molecule has 0 N–H and O–H groups in total. The topological polar surface area (TPSA) is 45.5 Å². The van der Waals surface area contributed by atoms with Crippen LogP contribution in [0.2, 0.25) is 0 Å². The highest BCUT2D eigenvalue weighted by molar-refractivity contribution is 6.16. The molecule has 5 nitrogen and oxygen atoms in total. The van der Waals surface area contributed by atoms with Crippen LogP contribution in [0.3, 0.4) is 0 Å². The van der Waals surface area contributed by atoms with E-state index in [1.165, 1.54) is 0 Å². The van der Waals surface area contributed by atoms with E-state index in [9.17, 15) is 0 Å². The summed E-state index contributed by atoms with van der Waals surface area (Å²) in [7, 11) is 3.24. The first-order chi connectivity index (χ1) is 10.2. The van der Waals surface area contributed by atoms with Crippen LogP contribution >= 0.6 is 11.6 Å². The van der Waals surface area contributed by atoms with Crippen molar-refractivity contribution in [2.24, 2.45) is 0 Å². The highest BCUT2D eigenvalue weighted by Crippen LogP contribution is 2.32. The van der Waals surface area contributed by atoms with Crippen molar-refractivity contribution in [3.05, 3.63) is 18.0 Å². The van der Waals surface area contributed by atoms with Gasteiger partial charge in [0.1, 0.15) is 5.82 Å². The van der Waals surface area contributed by atoms with Gasteiger partial charge in [0.05, 0.1) is 31.1 Å². The van der Waals surface area contributed by atoms with Crippen molar-refractivity contribution in [1.82, 2.24) is 9.55 Å². The molecule has 6 heteroatoms. The third kappa shape index (κ3) is 3.41. The Hall–Kier alpha value is -1.46. The minimum atomic E-state index is 0.369. The van der Waals surface area contributed by atoms with Gasteiger partial charge in [-0.05, 0) is 13.3 Å². The van der Waals surface area contributed by atoms with Gasteiger partial charge < -0.3 is 18.8 Å². The second kappa shape index (κ2) is 7.52. The summed E-state index contributed by atoms with van der Waals surface area (Å²) in [5.41, 5.74) is 1.86. The second-order valence-electron chi connectivity index (χ2n) is 4.56. The summed E-state index contributed by atoms with van der Waals surface area (Å²) < 4.78 is 18.2. The van der Waals surface area contributed by atoms with Gasteiger partial charge in [-0.25, -0.2) is 4.98 Å². The Bertz CT molecular complexity index is 598. The average molecular weight is 313 g/mol. The molecule has 0 aliphatic carbocycles. The third-order valence-electron chi connectivity index (χ3n) is 3.33. The molecule has 0 saturated carbocycles. The van der Waals surface area contributed by atoms with E-state index >= 15 is 0 Å². The first-order valence-corrected chi connectivity index (χ1v) is 7.53. The van der Waals surface area contributed by atoms with E-state index in [0.717, 1.165) is 43.0 Å². The molecule has 2 rings (SSSR count). The molecular weight excluding hydrogens is 292 g/mol. The molecule has 2 aromatic rings. The lowest BCUT2D eigenvalue weighted by molar-refractivity contribution is 0.142. The maximum Gasteiger partial charge on any atom is 0.163 e. The molecular formula is C15H21ClN2O3. The van der Waals surface area contributed by atoms with Gasteiger partial charge in [0, 0.05) is 31.9 Å². The molecule has 0 radical (unpaired) electrons. The Morgan fingerprint density at radius 3 is 2.52 bits per heavy atom. The zero-order valence-electron chi connectivity index (χ0n) is 12.7. The van der Waals surface area contributed by atoms with Crippen molar-refractivity contribution in [1.29, 1.82) is 0 Å². The standard InChI is InChI=1S/C15H21ClN2O3/c1-4-21-7-5-6-18-12-9-14(20-3)13(19-2)8-11(12)17-15(18)10-16/h8-9H,4-7,10H2,1-3H3. The highest BCUT2D eigenvalue weighted by atomic mass is 35.5. The minimum Gasteiger partial charge on any atom is -0.493 e. The smallest absolute Gasteiger partial charge is 0.163 e. The molecule has 1 aromatic heterocycles.